The Morgan fingerprint density at radius 1 is 1.26 bits per heavy atom. The molecule has 0 atom stereocenters. The van der Waals surface area contributed by atoms with Gasteiger partial charge in [0.25, 0.3) is 0 Å². The van der Waals surface area contributed by atoms with Gasteiger partial charge in [0.2, 0.25) is 21.0 Å². The van der Waals surface area contributed by atoms with Crippen LogP contribution in [0.3, 0.4) is 0 Å². The van der Waals surface area contributed by atoms with Crippen LogP contribution in [0.15, 0.2) is 0 Å². The zero-order valence-corrected chi connectivity index (χ0v) is 14.2. The second kappa shape index (κ2) is 7.31. The van der Waals surface area contributed by atoms with Crippen LogP contribution in [0, 0.1) is 5.92 Å². The molecule has 0 spiro atoms. The van der Waals surface area contributed by atoms with Gasteiger partial charge >= 0.3 is 6.18 Å². The van der Waals surface area contributed by atoms with Crippen molar-refractivity contribution in [2.45, 2.75) is 44.8 Å². The molecule has 0 unspecified atom stereocenters. The van der Waals surface area contributed by atoms with E-state index in [1.54, 1.807) is 6.92 Å². The minimum Gasteiger partial charge on any atom is -0.358 e. The first-order chi connectivity index (χ1) is 10.7. The first kappa shape index (κ1) is 18.4. The van der Waals surface area contributed by atoms with Gasteiger partial charge in [0.05, 0.1) is 5.75 Å². The van der Waals surface area contributed by atoms with Gasteiger partial charge in [0.1, 0.15) is 0 Å². The molecule has 1 fully saturated rings. The maximum absolute atomic E-state index is 12.4. The maximum atomic E-state index is 12.4. The molecule has 1 aromatic rings. The van der Waals surface area contributed by atoms with Crippen molar-refractivity contribution in [1.82, 2.24) is 14.1 Å². The fourth-order valence-corrected chi connectivity index (χ4v) is 3.79. The van der Waals surface area contributed by atoms with Crippen molar-refractivity contribution in [3.63, 3.8) is 0 Å². The first-order valence-electron chi connectivity index (χ1n) is 7.34. The highest BCUT2D eigenvalue weighted by atomic mass is 32.2. The molecule has 2 N–H and O–H groups in total. The van der Waals surface area contributed by atoms with E-state index in [4.69, 9.17) is 0 Å². The van der Waals surface area contributed by atoms with Crippen LogP contribution in [-0.4, -0.2) is 36.1 Å². The third kappa shape index (κ3) is 5.57. The van der Waals surface area contributed by atoms with Gasteiger partial charge in [0.15, 0.2) is 0 Å². The van der Waals surface area contributed by atoms with Crippen LogP contribution in [-0.2, 0) is 16.2 Å². The number of hydrogen-bond acceptors (Lipinski definition) is 6. The van der Waals surface area contributed by atoms with E-state index in [0.717, 1.165) is 25.7 Å². The normalized spacial score (nSPS) is 23.0. The lowest BCUT2D eigenvalue weighted by Crippen LogP contribution is -2.34. The molecule has 0 aliphatic heterocycles. The number of anilines is 1. The summed E-state index contributed by atoms with van der Waals surface area (Å²) in [5.41, 5.74) is 0. The van der Waals surface area contributed by atoms with Crippen LogP contribution in [0.5, 0.6) is 0 Å². The summed E-state index contributed by atoms with van der Waals surface area (Å²) in [5, 5.41) is 3.16. The average molecular weight is 372 g/mol. The van der Waals surface area contributed by atoms with Crippen LogP contribution in [0.4, 0.5) is 18.3 Å². The molecule has 0 aromatic carbocycles. The van der Waals surface area contributed by atoms with Crippen LogP contribution in [0.25, 0.3) is 0 Å². The highest BCUT2D eigenvalue weighted by Gasteiger charge is 2.36. The first-order valence-corrected chi connectivity index (χ1v) is 9.77. The van der Waals surface area contributed by atoms with E-state index in [-0.39, 0.29) is 22.8 Å². The standard InChI is InChI=1S/C12H19F3N4O2S2/c1-2-23(20,21)16-7-8-3-5-9(6-4-8)17-11-18-10(19-22-11)12(13,14)15/h8-9,16H,2-7H2,1H3,(H,17,18,19)/t8-,9-. The number of nitrogens with one attached hydrogen (secondary N) is 2. The van der Waals surface area contributed by atoms with Crippen LogP contribution >= 0.6 is 11.5 Å². The Kier molecular flexibility index (Phi) is 5.84. The second-order valence-corrected chi connectivity index (χ2v) is 8.38. The van der Waals surface area contributed by atoms with Gasteiger partial charge in [-0.05, 0) is 38.5 Å². The fourth-order valence-electron chi connectivity index (χ4n) is 2.43. The predicted octanol–water partition coefficient (Wildman–Crippen LogP) is 2.47. The topological polar surface area (TPSA) is 84.0 Å². The quantitative estimate of drug-likeness (QED) is 0.801. The van der Waals surface area contributed by atoms with Gasteiger partial charge in [0, 0.05) is 24.1 Å². The van der Waals surface area contributed by atoms with Gasteiger partial charge < -0.3 is 5.32 Å². The molecule has 0 radical (unpaired) electrons. The van der Waals surface area contributed by atoms with Crippen molar-refractivity contribution in [2.75, 3.05) is 17.6 Å². The molecular weight excluding hydrogens is 353 g/mol. The summed E-state index contributed by atoms with van der Waals surface area (Å²) in [7, 11) is -3.18. The van der Waals surface area contributed by atoms with Crippen molar-refractivity contribution in [2.24, 2.45) is 5.92 Å². The van der Waals surface area contributed by atoms with Crippen molar-refractivity contribution < 1.29 is 21.6 Å². The summed E-state index contributed by atoms with van der Waals surface area (Å²) in [4.78, 5) is 3.45. The minimum absolute atomic E-state index is 0.0445. The molecule has 1 aromatic heterocycles. The zero-order chi connectivity index (χ0) is 17.1. The Bertz CT molecular complexity index is 610. The Hall–Kier alpha value is -0.940. The van der Waals surface area contributed by atoms with E-state index in [0.29, 0.717) is 18.1 Å². The largest absolute Gasteiger partial charge is 0.452 e. The van der Waals surface area contributed by atoms with E-state index >= 15 is 0 Å². The summed E-state index contributed by atoms with van der Waals surface area (Å²) < 4.78 is 66.0. The number of rotatable bonds is 6. The summed E-state index contributed by atoms with van der Waals surface area (Å²) >= 11 is 0.704. The molecule has 0 saturated heterocycles. The summed E-state index contributed by atoms with van der Waals surface area (Å²) in [6.45, 7) is 2.00. The molecule has 23 heavy (non-hydrogen) atoms. The van der Waals surface area contributed by atoms with Gasteiger partial charge in [-0.25, -0.2) is 13.1 Å². The Balaban J connectivity index is 1.78. The summed E-state index contributed by atoms with van der Waals surface area (Å²) in [6, 6.07) is 0.0445. The number of sulfonamides is 1. The molecule has 1 heterocycles. The van der Waals surface area contributed by atoms with Gasteiger partial charge in [-0.15, -0.1) is 0 Å². The molecule has 1 aliphatic rings. The molecule has 0 amide bonds. The van der Waals surface area contributed by atoms with Crippen LogP contribution in [0.1, 0.15) is 38.4 Å². The SMILES string of the molecule is CCS(=O)(=O)NC[C@H]1CC[C@H](Nc2nc(C(F)(F)F)ns2)CC1. The van der Waals surface area contributed by atoms with E-state index in [1.165, 1.54) is 0 Å². The molecule has 2 rings (SSSR count). The van der Waals surface area contributed by atoms with E-state index in [2.05, 4.69) is 19.4 Å². The Morgan fingerprint density at radius 3 is 2.43 bits per heavy atom. The number of hydrogen-bond donors (Lipinski definition) is 2. The van der Waals surface area contributed by atoms with Crippen molar-refractivity contribution in [3.8, 4) is 0 Å². The van der Waals surface area contributed by atoms with Crippen LogP contribution in [0.2, 0.25) is 0 Å². The smallest absolute Gasteiger partial charge is 0.358 e. The molecule has 6 nitrogen and oxygen atoms in total. The molecule has 1 aliphatic carbocycles. The molecular formula is C12H19F3N4O2S2. The van der Waals surface area contributed by atoms with Gasteiger partial charge in [-0.3, -0.25) is 0 Å². The van der Waals surface area contributed by atoms with E-state index in [1.807, 2.05) is 0 Å². The zero-order valence-electron chi connectivity index (χ0n) is 12.6. The summed E-state index contributed by atoms with van der Waals surface area (Å²) in [5.74, 6) is -0.801. The maximum Gasteiger partial charge on any atom is 0.452 e. The summed E-state index contributed by atoms with van der Waals surface area (Å²) in [6.07, 6.45) is -1.37. The molecule has 0 bridgehead atoms. The van der Waals surface area contributed by atoms with E-state index < -0.39 is 22.0 Å². The third-order valence-corrected chi connectivity index (χ3v) is 5.84. The lowest BCUT2D eigenvalue weighted by Gasteiger charge is -2.28. The number of halogens is 3. The second-order valence-electron chi connectivity index (χ2n) is 5.53. The predicted molar refractivity (Wildman–Crippen MR) is 81.7 cm³/mol. The molecule has 132 valence electrons. The van der Waals surface area contributed by atoms with Gasteiger partial charge in [-0.2, -0.15) is 22.5 Å². The monoisotopic (exact) mass is 372 g/mol. The number of aromatic nitrogens is 2. The average Bonchev–Trinajstić information content (AvgIpc) is 2.95. The number of nitrogens with zero attached hydrogens (tertiary/aromatic N) is 2. The van der Waals surface area contributed by atoms with E-state index in [9.17, 15) is 21.6 Å². The fraction of sp³-hybridized carbons (Fsp3) is 0.833. The van der Waals surface area contributed by atoms with Crippen molar-refractivity contribution >= 4 is 26.7 Å². The number of alkyl halides is 3. The lowest BCUT2D eigenvalue weighted by molar-refractivity contribution is -0.144. The highest BCUT2D eigenvalue weighted by molar-refractivity contribution is 7.89. The van der Waals surface area contributed by atoms with Crippen molar-refractivity contribution in [3.05, 3.63) is 5.82 Å². The van der Waals surface area contributed by atoms with Crippen LogP contribution < -0.4 is 10.0 Å². The molecule has 11 heteroatoms. The Labute approximate surface area is 137 Å². The molecule has 1 saturated carbocycles. The minimum atomic E-state index is -4.52. The highest BCUT2D eigenvalue weighted by Crippen LogP contribution is 2.31. The van der Waals surface area contributed by atoms with Gasteiger partial charge in [-0.1, -0.05) is 0 Å². The van der Waals surface area contributed by atoms with Crippen molar-refractivity contribution in [1.29, 1.82) is 0 Å². The lowest BCUT2D eigenvalue weighted by atomic mass is 9.86. The Morgan fingerprint density at radius 2 is 1.91 bits per heavy atom. The third-order valence-electron chi connectivity index (χ3n) is 3.83.